The van der Waals surface area contributed by atoms with Crippen LogP contribution >= 0.6 is 0 Å². The number of carbonyl (C=O) groups is 2. The molecule has 0 radical (unpaired) electrons. The van der Waals surface area contributed by atoms with Crippen molar-refractivity contribution in [1.82, 2.24) is 0 Å². The highest BCUT2D eigenvalue weighted by Gasteiger charge is 2.10. The Kier molecular flexibility index (Phi) is 5.36. The first-order valence-corrected chi connectivity index (χ1v) is 8.79. The number of hydrogen-bond donors (Lipinski definition) is 2. The summed E-state index contributed by atoms with van der Waals surface area (Å²) in [6, 6.07) is 20.1. The number of hydrogen-bond acceptors (Lipinski definition) is 2. The van der Waals surface area contributed by atoms with Crippen molar-refractivity contribution in [3.8, 4) is 0 Å². The molecule has 0 spiro atoms. The number of nitrogens with one attached hydrogen (secondary N) is 2. The van der Waals surface area contributed by atoms with Gasteiger partial charge in [-0.05, 0) is 79.9 Å². The Morgan fingerprint density at radius 3 is 1.74 bits per heavy atom. The minimum absolute atomic E-state index is 0.203. The zero-order valence-electron chi connectivity index (χ0n) is 15.7. The van der Waals surface area contributed by atoms with Gasteiger partial charge in [0.1, 0.15) is 0 Å². The fourth-order valence-electron chi connectivity index (χ4n) is 2.93. The Morgan fingerprint density at radius 2 is 1.19 bits per heavy atom. The molecule has 3 aromatic carbocycles. The lowest BCUT2D eigenvalue weighted by Crippen LogP contribution is -2.15. The van der Waals surface area contributed by atoms with Gasteiger partial charge in [-0.2, -0.15) is 0 Å². The van der Waals surface area contributed by atoms with E-state index in [0.717, 1.165) is 28.1 Å². The molecule has 136 valence electrons. The highest BCUT2D eigenvalue weighted by molar-refractivity contribution is 6.07. The largest absolute Gasteiger partial charge is 0.322 e. The molecular formula is C23H22N2O2. The highest BCUT2D eigenvalue weighted by atomic mass is 16.2. The van der Waals surface area contributed by atoms with Gasteiger partial charge in [-0.25, -0.2) is 0 Å². The van der Waals surface area contributed by atoms with Crippen LogP contribution in [0, 0.1) is 20.8 Å². The average molecular weight is 358 g/mol. The summed E-state index contributed by atoms with van der Waals surface area (Å²) in [6.45, 7) is 5.92. The van der Waals surface area contributed by atoms with Crippen molar-refractivity contribution >= 4 is 23.2 Å². The normalized spacial score (nSPS) is 10.3. The maximum atomic E-state index is 12.4. The van der Waals surface area contributed by atoms with Crippen molar-refractivity contribution in [2.24, 2.45) is 0 Å². The van der Waals surface area contributed by atoms with Crippen LogP contribution in [0.4, 0.5) is 11.4 Å². The van der Waals surface area contributed by atoms with Crippen molar-refractivity contribution in [3.05, 3.63) is 94.5 Å². The van der Waals surface area contributed by atoms with E-state index in [2.05, 4.69) is 16.7 Å². The number of rotatable bonds is 4. The van der Waals surface area contributed by atoms with Crippen LogP contribution in [0.2, 0.25) is 0 Å². The van der Waals surface area contributed by atoms with E-state index in [9.17, 15) is 9.59 Å². The van der Waals surface area contributed by atoms with Crippen molar-refractivity contribution < 1.29 is 9.59 Å². The third kappa shape index (κ3) is 4.61. The van der Waals surface area contributed by atoms with Gasteiger partial charge in [0.05, 0.1) is 0 Å². The molecule has 2 N–H and O–H groups in total. The summed E-state index contributed by atoms with van der Waals surface area (Å²) in [7, 11) is 0. The maximum absolute atomic E-state index is 12.4. The summed E-state index contributed by atoms with van der Waals surface area (Å²) < 4.78 is 0. The van der Waals surface area contributed by atoms with E-state index in [4.69, 9.17) is 0 Å². The Labute approximate surface area is 159 Å². The van der Waals surface area contributed by atoms with Crippen molar-refractivity contribution in [3.63, 3.8) is 0 Å². The molecule has 4 heteroatoms. The third-order valence-electron chi connectivity index (χ3n) is 4.28. The van der Waals surface area contributed by atoms with E-state index in [0.29, 0.717) is 11.1 Å². The summed E-state index contributed by atoms with van der Waals surface area (Å²) in [6.07, 6.45) is 0. The zero-order chi connectivity index (χ0) is 19.4. The van der Waals surface area contributed by atoms with Crippen LogP contribution in [0.3, 0.4) is 0 Å². The minimum Gasteiger partial charge on any atom is -0.322 e. The Bertz CT molecular complexity index is 971. The summed E-state index contributed by atoms with van der Waals surface area (Å²) in [5.74, 6) is -0.406. The molecule has 0 unspecified atom stereocenters. The van der Waals surface area contributed by atoms with Gasteiger partial charge in [0, 0.05) is 22.5 Å². The molecule has 0 saturated heterocycles. The quantitative estimate of drug-likeness (QED) is 0.680. The van der Waals surface area contributed by atoms with Gasteiger partial charge >= 0.3 is 0 Å². The zero-order valence-corrected chi connectivity index (χ0v) is 15.7. The number of amides is 2. The Morgan fingerprint density at radius 1 is 0.667 bits per heavy atom. The summed E-state index contributed by atoms with van der Waals surface area (Å²) in [4.78, 5) is 24.8. The van der Waals surface area contributed by atoms with Crippen LogP contribution in [0.1, 0.15) is 37.4 Å². The molecule has 0 atom stereocenters. The van der Waals surface area contributed by atoms with Crippen molar-refractivity contribution in [2.45, 2.75) is 20.8 Å². The second kappa shape index (κ2) is 7.87. The van der Waals surface area contributed by atoms with Crippen LogP contribution in [0.25, 0.3) is 0 Å². The molecule has 0 aromatic heterocycles. The summed E-state index contributed by atoms with van der Waals surface area (Å²) >= 11 is 0. The van der Waals surface area contributed by atoms with E-state index >= 15 is 0 Å². The number of para-hydroxylation sites is 1. The van der Waals surface area contributed by atoms with Crippen LogP contribution in [-0.2, 0) is 0 Å². The topological polar surface area (TPSA) is 58.2 Å². The Balaban J connectivity index is 1.70. The molecule has 0 aliphatic heterocycles. The van der Waals surface area contributed by atoms with Gasteiger partial charge in [0.15, 0.2) is 0 Å². The van der Waals surface area contributed by atoms with E-state index in [-0.39, 0.29) is 11.8 Å². The SMILES string of the molecule is Cc1cc(C)cc(NC(=O)c2ccc(C(=O)Nc3ccccc3C)cc2)c1. The first-order chi connectivity index (χ1) is 12.9. The van der Waals surface area contributed by atoms with Crippen LogP contribution in [0.15, 0.2) is 66.7 Å². The van der Waals surface area contributed by atoms with E-state index < -0.39 is 0 Å². The lowest BCUT2D eigenvalue weighted by molar-refractivity contribution is 0.101. The molecule has 0 fully saturated rings. The molecule has 2 amide bonds. The van der Waals surface area contributed by atoms with Crippen LogP contribution in [-0.4, -0.2) is 11.8 Å². The molecule has 4 nitrogen and oxygen atoms in total. The minimum atomic E-state index is -0.203. The number of anilines is 2. The fraction of sp³-hybridized carbons (Fsp3) is 0.130. The predicted molar refractivity (Wildman–Crippen MR) is 109 cm³/mol. The smallest absolute Gasteiger partial charge is 0.255 e. The maximum Gasteiger partial charge on any atom is 0.255 e. The molecule has 3 aromatic rings. The first kappa shape index (κ1) is 18.4. The van der Waals surface area contributed by atoms with E-state index in [1.807, 2.05) is 57.2 Å². The molecule has 0 aliphatic carbocycles. The molecule has 0 saturated carbocycles. The predicted octanol–water partition coefficient (Wildman–Crippen LogP) is 5.12. The number of aryl methyl sites for hydroxylation is 3. The fourth-order valence-corrected chi connectivity index (χ4v) is 2.93. The average Bonchev–Trinajstić information content (AvgIpc) is 2.63. The second-order valence-corrected chi connectivity index (χ2v) is 6.68. The molecular weight excluding hydrogens is 336 g/mol. The standard InChI is InChI=1S/C23H22N2O2/c1-15-12-16(2)14-20(13-15)24-22(26)18-8-10-19(11-9-18)23(27)25-21-7-5-4-6-17(21)3/h4-14H,1-3H3,(H,24,26)(H,25,27). The monoisotopic (exact) mass is 358 g/mol. The van der Waals surface area contributed by atoms with Gasteiger partial charge in [0.2, 0.25) is 0 Å². The summed E-state index contributed by atoms with van der Waals surface area (Å²) in [5.41, 5.74) is 5.72. The van der Waals surface area contributed by atoms with Gasteiger partial charge in [-0.15, -0.1) is 0 Å². The van der Waals surface area contributed by atoms with Gasteiger partial charge in [-0.3, -0.25) is 9.59 Å². The summed E-state index contributed by atoms with van der Waals surface area (Å²) in [5, 5.41) is 5.78. The van der Waals surface area contributed by atoms with Crippen LogP contribution < -0.4 is 10.6 Å². The van der Waals surface area contributed by atoms with Crippen molar-refractivity contribution in [1.29, 1.82) is 0 Å². The van der Waals surface area contributed by atoms with Crippen LogP contribution in [0.5, 0.6) is 0 Å². The van der Waals surface area contributed by atoms with E-state index in [1.165, 1.54) is 0 Å². The number of carbonyl (C=O) groups excluding carboxylic acids is 2. The lowest BCUT2D eigenvalue weighted by atomic mass is 10.1. The van der Waals surface area contributed by atoms with Gasteiger partial charge in [0.25, 0.3) is 11.8 Å². The first-order valence-electron chi connectivity index (χ1n) is 8.79. The Hall–Kier alpha value is -3.40. The number of benzene rings is 3. The van der Waals surface area contributed by atoms with Crippen molar-refractivity contribution in [2.75, 3.05) is 10.6 Å². The molecule has 3 rings (SSSR count). The molecule has 27 heavy (non-hydrogen) atoms. The van der Waals surface area contributed by atoms with Gasteiger partial charge < -0.3 is 10.6 Å². The molecule has 0 heterocycles. The lowest BCUT2D eigenvalue weighted by Gasteiger charge is -2.10. The van der Waals surface area contributed by atoms with E-state index in [1.54, 1.807) is 24.3 Å². The third-order valence-corrected chi connectivity index (χ3v) is 4.28. The molecule has 0 aliphatic rings. The molecule has 0 bridgehead atoms. The highest BCUT2D eigenvalue weighted by Crippen LogP contribution is 2.17. The van der Waals surface area contributed by atoms with Gasteiger partial charge in [-0.1, -0.05) is 24.3 Å². The second-order valence-electron chi connectivity index (χ2n) is 6.68.